The quantitative estimate of drug-likeness (QED) is 0.588. The van der Waals surface area contributed by atoms with E-state index in [9.17, 15) is 9.59 Å². The van der Waals surface area contributed by atoms with Crippen LogP contribution in [0.15, 0.2) is 72.8 Å². The fourth-order valence-corrected chi connectivity index (χ4v) is 4.62. The van der Waals surface area contributed by atoms with Crippen molar-refractivity contribution in [3.63, 3.8) is 0 Å². The normalized spacial score (nSPS) is 16.1. The molecule has 1 heterocycles. The Morgan fingerprint density at radius 2 is 1.83 bits per heavy atom. The maximum absolute atomic E-state index is 12.5. The van der Waals surface area contributed by atoms with E-state index in [1.807, 2.05) is 60.4 Å². The van der Waals surface area contributed by atoms with Crippen molar-refractivity contribution >= 4 is 46.6 Å². The first-order valence-corrected chi connectivity index (χ1v) is 10.6. The Morgan fingerprint density at radius 1 is 1.07 bits per heavy atom. The minimum absolute atomic E-state index is 0.0808. The second kappa shape index (κ2) is 8.31. The molecule has 1 atom stereocenters. The van der Waals surface area contributed by atoms with Crippen LogP contribution in [0.2, 0.25) is 5.02 Å². The molecule has 4 nitrogen and oxygen atoms in total. The molecule has 0 aromatic heterocycles. The summed E-state index contributed by atoms with van der Waals surface area (Å²) in [5.74, 6) is 0.282. The van der Waals surface area contributed by atoms with Crippen molar-refractivity contribution in [3.8, 4) is 0 Å². The highest BCUT2D eigenvalue weighted by Crippen LogP contribution is 2.42. The molecule has 0 aliphatic carbocycles. The molecule has 0 unspecified atom stereocenters. The number of nitrogens with one attached hydrogen (secondary N) is 1. The van der Waals surface area contributed by atoms with Gasteiger partial charge in [-0.05, 0) is 55.0 Å². The topological polar surface area (TPSA) is 49.4 Å². The molecule has 4 rings (SSSR count). The van der Waals surface area contributed by atoms with Gasteiger partial charge in [0.1, 0.15) is 5.37 Å². The maximum atomic E-state index is 12.5. The molecule has 6 heteroatoms. The summed E-state index contributed by atoms with van der Waals surface area (Å²) in [5, 5.41) is 3.30. The number of carbonyl (C=O) groups is 2. The van der Waals surface area contributed by atoms with Gasteiger partial charge in [-0.25, -0.2) is 0 Å². The van der Waals surface area contributed by atoms with E-state index in [-0.39, 0.29) is 17.2 Å². The maximum Gasteiger partial charge on any atom is 0.255 e. The Bertz CT molecular complexity index is 1070. The highest BCUT2D eigenvalue weighted by atomic mass is 35.5. The summed E-state index contributed by atoms with van der Waals surface area (Å²) >= 11 is 7.56. The van der Waals surface area contributed by atoms with E-state index in [0.717, 1.165) is 16.8 Å². The number of benzene rings is 3. The molecule has 1 saturated heterocycles. The van der Waals surface area contributed by atoms with E-state index in [4.69, 9.17) is 11.6 Å². The van der Waals surface area contributed by atoms with Crippen LogP contribution in [0.5, 0.6) is 0 Å². The van der Waals surface area contributed by atoms with Crippen molar-refractivity contribution in [2.45, 2.75) is 12.3 Å². The summed E-state index contributed by atoms with van der Waals surface area (Å²) in [5.41, 5.74) is 4.16. The van der Waals surface area contributed by atoms with Gasteiger partial charge in [-0.15, -0.1) is 11.8 Å². The molecular formula is C23H19ClN2O2S. The monoisotopic (exact) mass is 422 g/mol. The molecule has 0 saturated carbocycles. The SMILES string of the molecule is Cc1ccc(N2C(=O)CS[C@H]2c2cccc(NC(=O)c3cccc(Cl)c3)c2)cc1. The van der Waals surface area contributed by atoms with E-state index in [2.05, 4.69) is 5.32 Å². The number of hydrogen-bond acceptors (Lipinski definition) is 3. The Kier molecular flexibility index (Phi) is 5.60. The van der Waals surface area contributed by atoms with Gasteiger partial charge in [-0.1, -0.05) is 47.5 Å². The Morgan fingerprint density at radius 3 is 2.59 bits per heavy atom. The van der Waals surface area contributed by atoms with Crippen LogP contribution < -0.4 is 10.2 Å². The Balaban J connectivity index is 1.58. The average molecular weight is 423 g/mol. The number of halogens is 1. The number of rotatable bonds is 4. The van der Waals surface area contributed by atoms with E-state index in [1.54, 1.807) is 36.0 Å². The average Bonchev–Trinajstić information content (AvgIpc) is 3.10. The fraction of sp³-hybridized carbons (Fsp3) is 0.130. The number of carbonyl (C=O) groups excluding carboxylic acids is 2. The molecular weight excluding hydrogens is 404 g/mol. The van der Waals surface area contributed by atoms with Crippen molar-refractivity contribution in [1.29, 1.82) is 0 Å². The van der Waals surface area contributed by atoms with E-state index in [0.29, 0.717) is 22.0 Å². The summed E-state index contributed by atoms with van der Waals surface area (Å²) in [6, 6.07) is 22.4. The fourth-order valence-electron chi connectivity index (χ4n) is 3.26. The van der Waals surface area contributed by atoms with Gasteiger partial charge in [0.25, 0.3) is 5.91 Å². The number of aryl methyl sites for hydroxylation is 1. The predicted molar refractivity (Wildman–Crippen MR) is 120 cm³/mol. The zero-order valence-electron chi connectivity index (χ0n) is 15.8. The first-order chi connectivity index (χ1) is 14.0. The molecule has 1 aliphatic rings. The van der Waals surface area contributed by atoms with Crippen molar-refractivity contribution in [2.24, 2.45) is 0 Å². The molecule has 1 fully saturated rings. The first kappa shape index (κ1) is 19.6. The second-order valence-corrected chi connectivity index (χ2v) is 8.36. The summed E-state index contributed by atoms with van der Waals surface area (Å²) in [7, 11) is 0. The zero-order valence-corrected chi connectivity index (χ0v) is 17.3. The van der Waals surface area contributed by atoms with Gasteiger partial charge < -0.3 is 5.32 Å². The minimum atomic E-state index is -0.227. The van der Waals surface area contributed by atoms with Crippen molar-refractivity contribution in [3.05, 3.63) is 94.5 Å². The lowest BCUT2D eigenvalue weighted by Crippen LogP contribution is -2.27. The highest BCUT2D eigenvalue weighted by molar-refractivity contribution is 8.00. The van der Waals surface area contributed by atoms with Crippen LogP contribution in [0.25, 0.3) is 0 Å². The zero-order chi connectivity index (χ0) is 20.4. The van der Waals surface area contributed by atoms with E-state index >= 15 is 0 Å². The summed E-state index contributed by atoms with van der Waals surface area (Å²) in [6.45, 7) is 2.02. The molecule has 146 valence electrons. The molecule has 3 aromatic rings. The van der Waals surface area contributed by atoms with Gasteiger partial charge in [0, 0.05) is 22.0 Å². The Hall–Kier alpha value is -2.76. The van der Waals surface area contributed by atoms with Crippen LogP contribution >= 0.6 is 23.4 Å². The largest absolute Gasteiger partial charge is 0.322 e. The number of hydrogen-bond donors (Lipinski definition) is 1. The van der Waals surface area contributed by atoms with E-state index < -0.39 is 0 Å². The van der Waals surface area contributed by atoms with Crippen molar-refractivity contribution in [2.75, 3.05) is 16.0 Å². The van der Waals surface area contributed by atoms with Gasteiger partial charge in [-0.2, -0.15) is 0 Å². The van der Waals surface area contributed by atoms with Crippen molar-refractivity contribution in [1.82, 2.24) is 0 Å². The molecule has 3 aromatic carbocycles. The third kappa shape index (κ3) is 4.31. The lowest BCUT2D eigenvalue weighted by Gasteiger charge is -2.25. The Labute approximate surface area is 178 Å². The number of nitrogens with zero attached hydrogens (tertiary/aromatic N) is 1. The molecule has 0 radical (unpaired) electrons. The van der Waals surface area contributed by atoms with E-state index in [1.165, 1.54) is 0 Å². The first-order valence-electron chi connectivity index (χ1n) is 9.18. The molecule has 29 heavy (non-hydrogen) atoms. The summed E-state index contributed by atoms with van der Waals surface area (Å²) < 4.78 is 0. The number of anilines is 2. The van der Waals surface area contributed by atoms with Crippen molar-refractivity contribution < 1.29 is 9.59 Å². The smallest absolute Gasteiger partial charge is 0.255 e. The predicted octanol–water partition coefficient (Wildman–Crippen LogP) is 5.68. The third-order valence-electron chi connectivity index (χ3n) is 4.70. The van der Waals surface area contributed by atoms with Gasteiger partial charge >= 0.3 is 0 Å². The standard InChI is InChI=1S/C23H19ClN2O2S/c1-15-8-10-20(11-9-15)26-21(27)14-29-23(26)17-5-3-7-19(13-17)25-22(28)16-4-2-6-18(24)12-16/h2-13,23H,14H2,1H3,(H,25,28)/t23-/m0/s1. The van der Waals surface area contributed by atoms with Crippen LogP contribution in [-0.4, -0.2) is 17.6 Å². The summed E-state index contributed by atoms with van der Waals surface area (Å²) in [4.78, 5) is 26.9. The van der Waals surface area contributed by atoms with Crippen LogP contribution in [0.3, 0.4) is 0 Å². The minimum Gasteiger partial charge on any atom is -0.322 e. The van der Waals surface area contributed by atoms with Gasteiger partial charge in [0.05, 0.1) is 5.75 Å². The molecule has 1 N–H and O–H groups in total. The lowest BCUT2D eigenvalue weighted by atomic mass is 10.1. The van der Waals surface area contributed by atoms with Crippen LogP contribution in [0.4, 0.5) is 11.4 Å². The molecule has 2 amide bonds. The second-order valence-electron chi connectivity index (χ2n) is 6.85. The lowest BCUT2D eigenvalue weighted by molar-refractivity contribution is -0.115. The van der Waals surface area contributed by atoms with Gasteiger partial charge in [0.2, 0.25) is 5.91 Å². The molecule has 0 bridgehead atoms. The summed E-state index contributed by atoms with van der Waals surface area (Å²) in [6.07, 6.45) is 0. The van der Waals surface area contributed by atoms with Crippen LogP contribution in [-0.2, 0) is 4.79 Å². The number of thioether (sulfide) groups is 1. The van der Waals surface area contributed by atoms with Gasteiger partial charge in [0.15, 0.2) is 0 Å². The molecule has 0 spiro atoms. The van der Waals surface area contributed by atoms with Crippen LogP contribution in [0.1, 0.15) is 26.9 Å². The third-order valence-corrected chi connectivity index (χ3v) is 6.14. The molecule has 1 aliphatic heterocycles. The van der Waals surface area contributed by atoms with Crippen LogP contribution in [0, 0.1) is 6.92 Å². The highest BCUT2D eigenvalue weighted by Gasteiger charge is 2.34. The van der Waals surface area contributed by atoms with Gasteiger partial charge in [-0.3, -0.25) is 14.5 Å². The number of amides is 2.